The Morgan fingerprint density at radius 1 is 0.950 bits per heavy atom. The summed E-state index contributed by atoms with van der Waals surface area (Å²) in [5, 5.41) is 8.71. The molecule has 1 aliphatic rings. The van der Waals surface area contributed by atoms with Gasteiger partial charge >= 0.3 is 0 Å². The minimum atomic E-state index is -0.279. The number of rotatable bonds is 3. The molecule has 0 atom stereocenters. The number of nitrogens with one attached hydrogen (secondary N) is 1. The van der Waals surface area contributed by atoms with Crippen molar-refractivity contribution in [2.45, 2.75) is 18.8 Å². The molecule has 0 saturated carbocycles. The zero-order chi connectivity index (χ0) is 14.0. The quantitative estimate of drug-likeness (QED) is 0.899. The van der Waals surface area contributed by atoms with Crippen LogP contribution in [0.5, 0.6) is 0 Å². The Balaban J connectivity index is 2.17. The largest absolute Gasteiger partial charge is 0.360 e. The van der Waals surface area contributed by atoms with Gasteiger partial charge in [-0.15, -0.1) is 0 Å². The maximum Gasteiger partial charge on any atom is 0.111 e. The Labute approximate surface area is 120 Å². The molecule has 3 rings (SSSR count). The van der Waals surface area contributed by atoms with Crippen LogP contribution >= 0.6 is 0 Å². The molecular formula is C18H20N2. The van der Waals surface area contributed by atoms with Gasteiger partial charge in [-0.05, 0) is 24.5 Å². The van der Waals surface area contributed by atoms with E-state index in [1.165, 1.54) is 11.1 Å². The Hall–Kier alpha value is -2.09. The van der Waals surface area contributed by atoms with Gasteiger partial charge in [0.05, 0.1) is 5.41 Å². The third-order valence-corrected chi connectivity index (χ3v) is 4.39. The Morgan fingerprint density at radius 2 is 1.45 bits per heavy atom. The number of amidine groups is 1. The van der Waals surface area contributed by atoms with Crippen LogP contribution in [-0.2, 0) is 5.41 Å². The summed E-state index contributed by atoms with van der Waals surface area (Å²) in [5.41, 5.74) is 2.18. The minimum Gasteiger partial charge on any atom is -0.360 e. The molecule has 1 saturated heterocycles. The molecule has 2 aromatic rings. The monoisotopic (exact) mass is 264 g/mol. The molecule has 2 aromatic carbocycles. The van der Waals surface area contributed by atoms with Gasteiger partial charge in [-0.25, -0.2) is 0 Å². The zero-order valence-corrected chi connectivity index (χ0v) is 11.8. The molecule has 1 heterocycles. The summed E-state index contributed by atoms with van der Waals surface area (Å²) >= 11 is 0. The molecule has 0 aliphatic carbocycles. The summed E-state index contributed by atoms with van der Waals surface area (Å²) in [6.45, 7) is 3.99. The Morgan fingerprint density at radius 3 is 1.85 bits per heavy atom. The molecule has 0 radical (unpaired) electrons. The number of benzene rings is 2. The molecule has 0 unspecified atom stereocenters. The van der Waals surface area contributed by atoms with E-state index in [2.05, 4.69) is 60.4 Å². The van der Waals surface area contributed by atoms with Crippen LogP contribution in [0.2, 0.25) is 0 Å². The first-order chi connectivity index (χ1) is 9.79. The van der Waals surface area contributed by atoms with Crippen LogP contribution in [-0.4, -0.2) is 23.8 Å². The second-order valence-corrected chi connectivity index (χ2v) is 5.32. The van der Waals surface area contributed by atoms with Crippen molar-refractivity contribution < 1.29 is 0 Å². The highest BCUT2D eigenvalue weighted by Crippen LogP contribution is 2.41. The molecule has 0 bridgehead atoms. The second kappa shape index (κ2) is 5.12. The van der Waals surface area contributed by atoms with E-state index in [-0.39, 0.29) is 5.41 Å². The van der Waals surface area contributed by atoms with Crippen LogP contribution in [0.15, 0.2) is 60.7 Å². The maximum atomic E-state index is 8.71. The molecule has 2 heteroatoms. The van der Waals surface area contributed by atoms with E-state index in [1.54, 1.807) is 0 Å². The highest BCUT2D eigenvalue weighted by Gasteiger charge is 2.45. The number of hydrogen-bond donors (Lipinski definition) is 1. The van der Waals surface area contributed by atoms with Gasteiger partial charge < -0.3 is 4.90 Å². The molecule has 102 valence electrons. The van der Waals surface area contributed by atoms with Gasteiger partial charge in [0.1, 0.15) is 5.84 Å². The highest BCUT2D eigenvalue weighted by molar-refractivity contribution is 5.96. The molecular weight excluding hydrogens is 244 g/mol. The normalized spacial score (nSPS) is 17.4. The zero-order valence-electron chi connectivity index (χ0n) is 11.8. The van der Waals surface area contributed by atoms with Gasteiger partial charge in [0, 0.05) is 13.1 Å². The summed E-state index contributed by atoms with van der Waals surface area (Å²) in [6.07, 6.45) is 0.980. The van der Waals surface area contributed by atoms with Crippen molar-refractivity contribution in [1.29, 1.82) is 5.41 Å². The Bertz CT molecular complexity index is 550. The van der Waals surface area contributed by atoms with Crippen LogP contribution in [0.3, 0.4) is 0 Å². The fraction of sp³-hybridized carbons (Fsp3) is 0.278. The predicted octanol–water partition coefficient (Wildman–Crippen LogP) is 3.68. The van der Waals surface area contributed by atoms with E-state index in [4.69, 9.17) is 5.41 Å². The van der Waals surface area contributed by atoms with Crippen molar-refractivity contribution in [3.05, 3.63) is 71.8 Å². The van der Waals surface area contributed by atoms with Gasteiger partial charge in [-0.3, -0.25) is 5.41 Å². The standard InChI is InChI=1S/C18H20N2/c1-2-20-14-13-18(17(20)19,15-9-5-3-6-10-15)16-11-7-4-8-12-16/h3-12,19H,2,13-14H2,1H3. The van der Waals surface area contributed by atoms with Gasteiger partial charge in [0.25, 0.3) is 0 Å². The van der Waals surface area contributed by atoms with Gasteiger partial charge in [-0.1, -0.05) is 60.7 Å². The first kappa shape index (κ1) is 12.9. The third-order valence-electron chi connectivity index (χ3n) is 4.39. The van der Waals surface area contributed by atoms with Crippen LogP contribution in [0.1, 0.15) is 24.5 Å². The number of likely N-dealkylation sites (N-methyl/N-ethyl adjacent to an activating group) is 1. The van der Waals surface area contributed by atoms with E-state index in [0.717, 1.165) is 25.3 Å². The van der Waals surface area contributed by atoms with Gasteiger partial charge in [0.15, 0.2) is 0 Å². The SMILES string of the molecule is CCN1CCC(c2ccccc2)(c2ccccc2)C1=N. The molecule has 2 nitrogen and oxygen atoms in total. The molecule has 0 amide bonds. The van der Waals surface area contributed by atoms with Gasteiger partial charge in [0.2, 0.25) is 0 Å². The lowest BCUT2D eigenvalue weighted by atomic mass is 9.73. The Kier molecular flexibility index (Phi) is 3.31. The topological polar surface area (TPSA) is 27.1 Å². The predicted molar refractivity (Wildman–Crippen MR) is 83.3 cm³/mol. The first-order valence-corrected chi connectivity index (χ1v) is 7.24. The fourth-order valence-electron chi connectivity index (χ4n) is 3.29. The lowest BCUT2D eigenvalue weighted by Crippen LogP contribution is -2.38. The van der Waals surface area contributed by atoms with E-state index in [9.17, 15) is 0 Å². The van der Waals surface area contributed by atoms with E-state index >= 15 is 0 Å². The number of likely N-dealkylation sites (tertiary alicyclic amines) is 1. The maximum absolute atomic E-state index is 8.71. The van der Waals surface area contributed by atoms with Crippen LogP contribution in [0.25, 0.3) is 0 Å². The first-order valence-electron chi connectivity index (χ1n) is 7.24. The van der Waals surface area contributed by atoms with Crippen molar-refractivity contribution in [3.63, 3.8) is 0 Å². The molecule has 1 fully saturated rings. The summed E-state index contributed by atoms with van der Waals surface area (Å²) in [4.78, 5) is 2.18. The molecule has 0 aromatic heterocycles. The van der Waals surface area contributed by atoms with E-state index in [1.807, 2.05) is 12.1 Å². The summed E-state index contributed by atoms with van der Waals surface area (Å²) in [5.74, 6) is 0.734. The van der Waals surface area contributed by atoms with Crippen molar-refractivity contribution in [2.24, 2.45) is 0 Å². The van der Waals surface area contributed by atoms with Crippen molar-refractivity contribution in [3.8, 4) is 0 Å². The van der Waals surface area contributed by atoms with E-state index < -0.39 is 0 Å². The van der Waals surface area contributed by atoms with Crippen LogP contribution in [0, 0.1) is 5.41 Å². The summed E-state index contributed by atoms with van der Waals surface area (Å²) in [6, 6.07) is 21.0. The smallest absolute Gasteiger partial charge is 0.111 e. The molecule has 1 aliphatic heterocycles. The minimum absolute atomic E-state index is 0.279. The molecule has 0 spiro atoms. The number of hydrogen-bond acceptors (Lipinski definition) is 1. The van der Waals surface area contributed by atoms with Crippen LogP contribution in [0.4, 0.5) is 0 Å². The van der Waals surface area contributed by atoms with Crippen LogP contribution < -0.4 is 0 Å². The third kappa shape index (κ3) is 1.83. The average molecular weight is 264 g/mol. The molecule has 1 N–H and O–H groups in total. The van der Waals surface area contributed by atoms with Crippen molar-refractivity contribution in [1.82, 2.24) is 4.90 Å². The fourth-order valence-corrected chi connectivity index (χ4v) is 3.29. The summed E-state index contributed by atoms with van der Waals surface area (Å²) in [7, 11) is 0. The average Bonchev–Trinajstić information content (AvgIpc) is 2.87. The molecule has 20 heavy (non-hydrogen) atoms. The summed E-state index contributed by atoms with van der Waals surface area (Å²) < 4.78 is 0. The number of nitrogens with zero attached hydrogens (tertiary/aromatic N) is 1. The van der Waals surface area contributed by atoms with Crippen molar-refractivity contribution in [2.75, 3.05) is 13.1 Å². The lowest BCUT2D eigenvalue weighted by Gasteiger charge is -2.31. The van der Waals surface area contributed by atoms with Crippen molar-refractivity contribution >= 4 is 5.84 Å². The lowest BCUT2D eigenvalue weighted by molar-refractivity contribution is 0.476. The van der Waals surface area contributed by atoms with Gasteiger partial charge in [-0.2, -0.15) is 0 Å². The second-order valence-electron chi connectivity index (χ2n) is 5.32. The highest BCUT2D eigenvalue weighted by atomic mass is 15.2. The van der Waals surface area contributed by atoms with E-state index in [0.29, 0.717) is 0 Å².